The van der Waals surface area contributed by atoms with Crippen molar-refractivity contribution >= 4 is 5.91 Å². The smallest absolute Gasteiger partial charge is 0.272 e. The lowest BCUT2D eigenvalue weighted by atomic mass is 10.3. The number of aromatic amines is 2. The van der Waals surface area contributed by atoms with Gasteiger partial charge in [-0.3, -0.25) is 14.7 Å². The summed E-state index contributed by atoms with van der Waals surface area (Å²) < 4.78 is 18.8. The molecular formula is C16H14FN5O3. The summed E-state index contributed by atoms with van der Waals surface area (Å²) in [5, 5.41) is 9.14. The number of hydrogen-bond donors (Lipinski definition) is 3. The highest BCUT2D eigenvalue weighted by Crippen LogP contribution is 2.16. The first kappa shape index (κ1) is 16.4. The second-order valence-corrected chi connectivity index (χ2v) is 5.08. The first-order valence-electron chi connectivity index (χ1n) is 7.35. The normalized spacial score (nSPS) is 10.4. The van der Waals surface area contributed by atoms with E-state index in [0.717, 1.165) is 0 Å². The maximum atomic E-state index is 13.5. The molecule has 0 unspecified atom stereocenters. The predicted octanol–water partition coefficient (Wildman–Crippen LogP) is 1.14. The zero-order valence-electron chi connectivity index (χ0n) is 13.0. The van der Waals surface area contributed by atoms with Crippen molar-refractivity contribution in [1.82, 2.24) is 25.5 Å². The van der Waals surface area contributed by atoms with Gasteiger partial charge < -0.3 is 15.0 Å². The number of carbonyl (C=O) groups is 1. The maximum absolute atomic E-state index is 13.5. The average Bonchev–Trinajstić information content (AvgIpc) is 3.08. The zero-order chi connectivity index (χ0) is 17.6. The molecule has 0 aliphatic rings. The van der Waals surface area contributed by atoms with Crippen LogP contribution in [0.15, 0.2) is 47.5 Å². The number of aromatic nitrogens is 4. The van der Waals surface area contributed by atoms with E-state index in [2.05, 4.69) is 25.5 Å². The second kappa shape index (κ2) is 7.39. The van der Waals surface area contributed by atoms with Crippen molar-refractivity contribution < 1.29 is 13.9 Å². The topological polar surface area (TPSA) is 113 Å². The van der Waals surface area contributed by atoms with Crippen LogP contribution >= 0.6 is 0 Å². The van der Waals surface area contributed by atoms with E-state index in [1.54, 1.807) is 12.1 Å². The molecule has 0 atom stereocenters. The van der Waals surface area contributed by atoms with E-state index in [1.165, 1.54) is 30.6 Å². The van der Waals surface area contributed by atoms with Crippen LogP contribution in [0, 0.1) is 5.82 Å². The molecule has 3 rings (SSSR count). The van der Waals surface area contributed by atoms with Gasteiger partial charge in [-0.1, -0.05) is 12.1 Å². The molecule has 0 bridgehead atoms. The Hall–Kier alpha value is -3.49. The Bertz CT molecular complexity index is 937. The molecule has 8 nitrogen and oxygen atoms in total. The number of halogens is 1. The number of hydrogen-bond acceptors (Lipinski definition) is 5. The molecule has 0 radical (unpaired) electrons. The van der Waals surface area contributed by atoms with E-state index < -0.39 is 11.7 Å². The fourth-order valence-corrected chi connectivity index (χ4v) is 2.04. The standard InChI is InChI=1S/C16H14FN5O3/c17-12-3-1-2-4-14(12)25-8-11-5-13(22-21-11)16(24)18-7-10-6-15(23)20-9-19-10/h1-6,9H,7-8H2,(H,18,24)(H,21,22)(H,19,20,23). The van der Waals surface area contributed by atoms with Gasteiger partial charge in [-0.25, -0.2) is 9.37 Å². The molecule has 25 heavy (non-hydrogen) atoms. The lowest BCUT2D eigenvalue weighted by Crippen LogP contribution is -2.24. The molecule has 1 aromatic carbocycles. The number of nitrogens with zero attached hydrogens (tertiary/aromatic N) is 2. The quantitative estimate of drug-likeness (QED) is 0.621. The Morgan fingerprint density at radius 3 is 2.92 bits per heavy atom. The minimum absolute atomic E-state index is 0.0385. The SMILES string of the molecule is O=C(NCc1cc(=O)[nH]cn1)c1cc(COc2ccccc2F)[nH]n1. The lowest BCUT2D eigenvalue weighted by molar-refractivity contribution is 0.0945. The molecule has 128 valence electrons. The third-order valence-electron chi connectivity index (χ3n) is 3.25. The minimum Gasteiger partial charge on any atom is -0.484 e. The molecule has 0 spiro atoms. The molecule has 3 aromatic rings. The summed E-state index contributed by atoms with van der Waals surface area (Å²) in [5.41, 5.74) is 0.794. The van der Waals surface area contributed by atoms with Gasteiger partial charge in [0.05, 0.1) is 24.3 Å². The molecule has 0 aliphatic heterocycles. The molecule has 0 fully saturated rings. The van der Waals surface area contributed by atoms with E-state index in [-0.39, 0.29) is 30.2 Å². The maximum Gasteiger partial charge on any atom is 0.272 e. The van der Waals surface area contributed by atoms with Gasteiger partial charge in [0.15, 0.2) is 11.6 Å². The summed E-state index contributed by atoms with van der Waals surface area (Å²) in [6.07, 6.45) is 1.26. The predicted molar refractivity (Wildman–Crippen MR) is 85.3 cm³/mol. The fraction of sp³-hybridized carbons (Fsp3) is 0.125. The largest absolute Gasteiger partial charge is 0.484 e. The third kappa shape index (κ3) is 4.28. The van der Waals surface area contributed by atoms with E-state index in [4.69, 9.17) is 4.74 Å². The lowest BCUT2D eigenvalue weighted by Gasteiger charge is -2.04. The number of nitrogens with one attached hydrogen (secondary N) is 3. The van der Waals surface area contributed by atoms with Crippen LogP contribution in [0.5, 0.6) is 5.75 Å². The van der Waals surface area contributed by atoms with E-state index in [0.29, 0.717) is 11.4 Å². The summed E-state index contributed by atoms with van der Waals surface area (Å²) in [6, 6.07) is 8.82. The number of benzene rings is 1. The van der Waals surface area contributed by atoms with Gasteiger partial charge >= 0.3 is 0 Å². The number of rotatable bonds is 6. The number of H-pyrrole nitrogens is 2. The van der Waals surface area contributed by atoms with Gasteiger partial charge in [0.1, 0.15) is 12.3 Å². The van der Waals surface area contributed by atoms with E-state index in [1.807, 2.05) is 0 Å². The van der Waals surface area contributed by atoms with Crippen molar-refractivity contribution in [2.24, 2.45) is 0 Å². The van der Waals surface area contributed by atoms with Gasteiger partial charge in [0, 0.05) is 6.07 Å². The van der Waals surface area contributed by atoms with Crippen LogP contribution < -0.4 is 15.6 Å². The Morgan fingerprint density at radius 1 is 1.28 bits per heavy atom. The van der Waals surface area contributed by atoms with Crippen LogP contribution in [0.4, 0.5) is 4.39 Å². The van der Waals surface area contributed by atoms with Crippen LogP contribution in [0.3, 0.4) is 0 Å². The minimum atomic E-state index is -0.467. The highest BCUT2D eigenvalue weighted by molar-refractivity contribution is 5.92. The van der Waals surface area contributed by atoms with Gasteiger partial charge in [0.25, 0.3) is 11.5 Å². The van der Waals surface area contributed by atoms with Crippen molar-refractivity contribution in [2.75, 3.05) is 0 Å². The first-order valence-corrected chi connectivity index (χ1v) is 7.35. The van der Waals surface area contributed by atoms with Crippen LogP contribution in [0.1, 0.15) is 21.9 Å². The third-order valence-corrected chi connectivity index (χ3v) is 3.25. The Kier molecular flexibility index (Phi) is 4.84. The fourth-order valence-electron chi connectivity index (χ4n) is 2.04. The van der Waals surface area contributed by atoms with E-state index >= 15 is 0 Å². The molecule has 0 aliphatic carbocycles. The van der Waals surface area contributed by atoms with Crippen LogP contribution in [0.2, 0.25) is 0 Å². The van der Waals surface area contributed by atoms with Crippen LogP contribution in [-0.2, 0) is 13.2 Å². The van der Waals surface area contributed by atoms with Gasteiger partial charge in [0.2, 0.25) is 0 Å². The molecule has 9 heteroatoms. The van der Waals surface area contributed by atoms with Crippen molar-refractivity contribution in [3.63, 3.8) is 0 Å². The molecule has 1 amide bonds. The second-order valence-electron chi connectivity index (χ2n) is 5.08. The zero-order valence-corrected chi connectivity index (χ0v) is 13.0. The number of carbonyl (C=O) groups excluding carboxylic acids is 1. The monoisotopic (exact) mass is 343 g/mol. The summed E-state index contributed by atoms with van der Waals surface area (Å²) in [4.78, 5) is 29.5. The summed E-state index contributed by atoms with van der Waals surface area (Å²) >= 11 is 0. The average molecular weight is 343 g/mol. The van der Waals surface area contributed by atoms with Crippen molar-refractivity contribution in [2.45, 2.75) is 13.2 Å². The molecule has 0 saturated heterocycles. The summed E-state index contributed by atoms with van der Waals surface area (Å²) in [6.45, 7) is 0.132. The highest BCUT2D eigenvalue weighted by Gasteiger charge is 2.11. The van der Waals surface area contributed by atoms with E-state index in [9.17, 15) is 14.0 Å². The molecule has 0 saturated carbocycles. The van der Waals surface area contributed by atoms with Crippen LogP contribution in [0.25, 0.3) is 0 Å². The molecule has 3 N–H and O–H groups in total. The Labute approximate surface area is 141 Å². The Morgan fingerprint density at radius 2 is 2.12 bits per heavy atom. The molecular weight excluding hydrogens is 329 g/mol. The van der Waals surface area contributed by atoms with Crippen molar-refractivity contribution in [3.05, 3.63) is 76.0 Å². The summed E-state index contributed by atoms with van der Waals surface area (Å²) in [5.74, 6) is -0.788. The van der Waals surface area contributed by atoms with Gasteiger partial charge in [-0.15, -0.1) is 0 Å². The van der Waals surface area contributed by atoms with Crippen LogP contribution in [-0.4, -0.2) is 26.1 Å². The number of ether oxygens (including phenoxy) is 1. The molecule has 2 aromatic heterocycles. The van der Waals surface area contributed by atoms with Crippen molar-refractivity contribution in [1.29, 1.82) is 0 Å². The van der Waals surface area contributed by atoms with Crippen molar-refractivity contribution in [3.8, 4) is 5.75 Å². The number of para-hydroxylation sites is 1. The molecule has 2 heterocycles. The number of amides is 1. The Balaban J connectivity index is 1.56. The first-order chi connectivity index (χ1) is 12.1. The van der Waals surface area contributed by atoms with Gasteiger partial charge in [-0.05, 0) is 18.2 Å². The summed E-state index contributed by atoms with van der Waals surface area (Å²) in [7, 11) is 0. The highest BCUT2D eigenvalue weighted by atomic mass is 19.1. The van der Waals surface area contributed by atoms with Gasteiger partial charge in [-0.2, -0.15) is 5.10 Å².